The van der Waals surface area contributed by atoms with E-state index in [1.807, 2.05) is 11.3 Å². The van der Waals surface area contributed by atoms with Crippen molar-refractivity contribution in [1.82, 2.24) is 0 Å². The number of benzene rings is 1. The zero-order valence-corrected chi connectivity index (χ0v) is 13.0. The molecule has 0 aliphatic carbocycles. The lowest BCUT2D eigenvalue weighted by Crippen LogP contribution is -2.34. The SMILES string of the molecule is CCC(N)c1ccccc1N1CCc2sccc2C1C. The first-order valence-corrected chi connectivity index (χ1v) is 8.27. The van der Waals surface area contributed by atoms with Crippen molar-refractivity contribution < 1.29 is 0 Å². The summed E-state index contributed by atoms with van der Waals surface area (Å²) in [5, 5.41) is 2.22. The molecule has 2 N–H and O–H groups in total. The molecular weight excluding hydrogens is 264 g/mol. The maximum atomic E-state index is 6.30. The minimum absolute atomic E-state index is 0.127. The van der Waals surface area contributed by atoms with Gasteiger partial charge in [-0.2, -0.15) is 0 Å². The van der Waals surface area contributed by atoms with E-state index in [1.54, 1.807) is 4.88 Å². The molecule has 2 aromatic rings. The van der Waals surface area contributed by atoms with Crippen LogP contribution in [0.2, 0.25) is 0 Å². The number of para-hydroxylation sites is 1. The highest BCUT2D eigenvalue weighted by Crippen LogP contribution is 2.38. The Morgan fingerprint density at radius 2 is 2.15 bits per heavy atom. The molecule has 1 aliphatic rings. The summed E-state index contributed by atoms with van der Waals surface area (Å²) in [5.74, 6) is 0. The molecule has 1 aromatic carbocycles. The van der Waals surface area contributed by atoms with Gasteiger partial charge in [0.25, 0.3) is 0 Å². The Morgan fingerprint density at radius 3 is 2.95 bits per heavy atom. The van der Waals surface area contributed by atoms with Gasteiger partial charge in [0, 0.05) is 23.2 Å². The van der Waals surface area contributed by atoms with Gasteiger partial charge in [-0.05, 0) is 48.4 Å². The number of hydrogen-bond donors (Lipinski definition) is 1. The third-order valence-electron chi connectivity index (χ3n) is 4.36. The summed E-state index contributed by atoms with van der Waals surface area (Å²) in [4.78, 5) is 4.06. The first-order chi connectivity index (χ1) is 9.72. The van der Waals surface area contributed by atoms with Crippen LogP contribution < -0.4 is 10.6 Å². The summed E-state index contributed by atoms with van der Waals surface area (Å²) < 4.78 is 0. The van der Waals surface area contributed by atoms with E-state index in [0.29, 0.717) is 6.04 Å². The summed E-state index contributed by atoms with van der Waals surface area (Å²) >= 11 is 1.89. The lowest BCUT2D eigenvalue weighted by molar-refractivity contribution is 0.619. The Bertz CT molecular complexity index is 590. The minimum atomic E-state index is 0.127. The van der Waals surface area contributed by atoms with Crippen molar-refractivity contribution in [2.24, 2.45) is 5.73 Å². The van der Waals surface area contributed by atoms with Gasteiger partial charge in [-0.15, -0.1) is 11.3 Å². The molecule has 2 atom stereocenters. The summed E-state index contributed by atoms with van der Waals surface area (Å²) in [5.41, 5.74) is 10.4. The highest BCUT2D eigenvalue weighted by Gasteiger charge is 2.26. The van der Waals surface area contributed by atoms with Gasteiger partial charge in [-0.1, -0.05) is 25.1 Å². The summed E-state index contributed by atoms with van der Waals surface area (Å²) in [7, 11) is 0. The molecule has 0 radical (unpaired) electrons. The quantitative estimate of drug-likeness (QED) is 0.912. The van der Waals surface area contributed by atoms with Gasteiger partial charge >= 0.3 is 0 Å². The Labute approximate surface area is 125 Å². The van der Waals surface area contributed by atoms with E-state index >= 15 is 0 Å². The lowest BCUT2D eigenvalue weighted by atomic mass is 9.97. The summed E-state index contributed by atoms with van der Waals surface area (Å²) in [6.07, 6.45) is 2.12. The smallest absolute Gasteiger partial charge is 0.0525 e. The molecule has 1 aromatic heterocycles. The van der Waals surface area contributed by atoms with Gasteiger partial charge in [0.1, 0.15) is 0 Å². The number of thiophene rings is 1. The van der Waals surface area contributed by atoms with Crippen molar-refractivity contribution in [1.29, 1.82) is 0 Å². The molecule has 1 aliphatic heterocycles. The van der Waals surface area contributed by atoms with E-state index < -0.39 is 0 Å². The third-order valence-corrected chi connectivity index (χ3v) is 5.36. The molecule has 0 saturated carbocycles. The lowest BCUT2D eigenvalue weighted by Gasteiger charge is -2.37. The molecular formula is C17H22N2S. The van der Waals surface area contributed by atoms with Gasteiger partial charge in [-0.3, -0.25) is 0 Å². The van der Waals surface area contributed by atoms with Crippen LogP contribution in [0.1, 0.15) is 48.4 Å². The first kappa shape index (κ1) is 13.7. The number of nitrogens with two attached hydrogens (primary N) is 1. The molecule has 0 saturated heterocycles. The van der Waals surface area contributed by atoms with E-state index in [9.17, 15) is 0 Å². The highest BCUT2D eigenvalue weighted by molar-refractivity contribution is 7.10. The molecule has 0 amide bonds. The van der Waals surface area contributed by atoms with E-state index in [0.717, 1.165) is 19.4 Å². The monoisotopic (exact) mass is 286 g/mol. The van der Waals surface area contributed by atoms with Crippen LogP contribution in [0.25, 0.3) is 0 Å². The fraction of sp³-hybridized carbons (Fsp3) is 0.412. The van der Waals surface area contributed by atoms with Crippen molar-refractivity contribution in [3.8, 4) is 0 Å². The zero-order valence-electron chi connectivity index (χ0n) is 12.2. The fourth-order valence-corrected chi connectivity index (χ4v) is 4.08. The maximum Gasteiger partial charge on any atom is 0.0525 e. The van der Waals surface area contributed by atoms with E-state index in [2.05, 4.69) is 54.5 Å². The Hall–Kier alpha value is -1.32. The Kier molecular flexibility index (Phi) is 3.81. The maximum absolute atomic E-state index is 6.30. The van der Waals surface area contributed by atoms with Crippen molar-refractivity contribution in [2.75, 3.05) is 11.4 Å². The molecule has 20 heavy (non-hydrogen) atoms. The predicted molar refractivity (Wildman–Crippen MR) is 87.4 cm³/mol. The number of nitrogens with zero attached hydrogens (tertiary/aromatic N) is 1. The zero-order chi connectivity index (χ0) is 14.1. The average Bonchev–Trinajstić information content (AvgIpc) is 2.96. The largest absolute Gasteiger partial charge is 0.364 e. The predicted octanol–water partition coefficient (Wildman–Crippen LogP) is 4.28. The average molecular weight is 286 g/mol. The van der Waals surface area contributed by atoms with E-state index in [1.165, 1.54) is 16.8 Å². The molecule has 2 nitrogen and oxygen atoms in total. The van der Waals surface area contributed by atoms with Crippen LogP contribution in [0.3, 0.4) is 0 Å². The van der Waals surface area contributed by atoms with Gasteiger partial charge in [0.15, 0.2) is 0 Å². The van der Waals surface area contributed by atoms with Gasteiger partial charge in [-0.25, -0.2) is 0 Å². The van der Waals surface area contributed by atoms with Crippen LogP contribution in [0.5, 0.6) is 0 Å². The van der Waals surface area contributed by atoms with Crippen molar-refractivity contribution >= 4 is 17.0 Å². The van der Waals surface area contributed by atoms with Crippen LogP contribution >= 0.6 is 11.3 Å². The van der Waals surface area contributed by atoms with Crippen LogP contribution in [0.4, 0.5) is 5.69 Å². The van der Waals surface area contributed by atoms with E-state index in [4.69, 9.17) is 5.73 Å². The molecule has 2 heterocycles. The molecule has 0 fully saturated rings. The highest BCUT2D eigenvalue weighted by atomic mass is 32.1. The topological polar surface area (TPSA) is 29.3 Å². The van der Waals surface area contributed by atoms with Crippen LogP contribution in [-0.4, -0.2) is 6.54 Å². The van der Waals surface area contributed by atoms with Gasteiger partial charge in [0.2, 0.25) is 0 Å². The van der Waals surface area contributed by atoms with Crippen LogP contribution in [0.15, 0.2) is 35.7 Å². The van der Waals surface area contributed by atoms with Crippen molar-refractivity contribution in [2.45, 2.75) is 38.8 Å². The second kappa shape index (κ2) is 5.58. The Morgan fingerprint density at radius 1 is 1.35 bits per heavy atom. The Balaban J connectivity index is 1.98. The van der Waals surface area contributed by atoms with Crippen molar-refractivity contribution in [3.63, 3.8) is 0 Å². The fourth-order valence-electron chi connectivity index (χ4n) is 3.12. The first-order valence-electron chi connectivity index (χ1n) is 7.39. The molecule has 0 spiro atoms. The number of fused-ring (bicyclic) bond motifs is 1. The third kappa shape index (κ3) is 2.25. The molecule has 2 unspecified atom stereocenters. The molecule has 106 valence electrons. The van der Waals surface area contributed by atoms with E-state index in [-0.39, 0.29) is 6.04 Å². The second-order valence-electron chi connectivity index (χ2n) is 5.49. The van der Waals surface area contributed by atoms with Crippen LogP contribution in [-0.2, 0) is 6.42 Å². The van der Waals surface area contributed by atoms with Gasteiger partial charge < -0.3 is 10.6 Å². The number of hydrogen-bond acceptors (Lipinski definition) is 3. The van der Waals surface area contributed by atoms with Gasteiger partial charge in [0.05, 0.1) is 6.04 Å². The normalized spacial score (nSPS) is 19.8. The standard InChI is InChI=1S/C17H22N2S/c1-3-15(18)14-6-4-5-7-16(14)19-10-8-17-13(12(19)2)9-11-20-17/h4-7,9,11-12,15H,3,8,10,18H2,1-2H3. The summed E-state index contributed by atoms with van der Waals surface area (Å²) in [6, 6.07) is 11.5. The molecule has 3 heteroatoms. The second-order valence-corrected chi connectivity index (χ2v) is 6.49. The molecule has 3 rings (SSSR count). The number of rotatable bonds is 3. The molecule has 0 bridgehead atoms. The summed E-state index contributed by atoms with van der Waals surface area (Å²) in [6.45, 7) is 5.54. The number of anilines is 1. The van der Waals surface area contributed by atoms with Crippen LogP contribution in [0, 0.1) is 0 Å². The minimum Gasteiger partial charge on any atom is -0.364 e. The van der Waals surface area contributed by atoms with Crippen molar-refractivity contribution in [3.05, 3.63) is 51.7 Å².